The fourth-order valence-corrected chi connectivity index (χ4v) is 4.84. The molecule has 0 spiro atoms. The Morgan fingerprint density at radius 3 is 2.61 bits per heavy atom. The third kappa shape index (κ3) is 3.21. The Morgan fingerprint density at radius 1 is 1.14 bits per heavy atom. The number of aliphatic carboxylic acids is 1. The first-order valence-electron chi connectivity index (χ1n) is 8.83. The van der Waals surface area contributed by atoms with Crippen LogP contribution >= 0.6 is 0 Å². The molecule has 2 aromatic rings. The average molecular weight is 405 g/mol. The van der Waals surface area contributed by atoms with Crippen LogP contribution in [0.5, 0.6) is 11.5 Å². The second-order valence-electron chi connectivity index (χ2n) is 6.84. The number of ether oxygens (including phenoxy) is 2. The van der Waals surface area contributed by atoms with Gasteiger partial charge in [-0.1, -0.05) is 30.3 Å². The number of sulfonamides is 1. The normalized spacial score (nSPS) is 22.6. The Hall–Kier alpha value is -2.62. The third-order valence-electron chi connectivity index (χ3n) is 5.00. The molecule has 2 unspecified atom stereocenters. The maximum atomic E-state index is 12.5. The van der Waals surface area contributed by atoms with Crippen LogP contribution < -0.4 is 14.2 Å². The Morgan fingerprint density at radius 2 is 1.89 bits per heavy atom. The van der Waals surface area contributed by atoms with Crippen LogP contribution in [0.3, 0.4) is 0 Å². The van der Waals surface area contributed by atoms with Gasteiger partial charge in [0.1, 0.15) is 6.10 Å². The van der Waals surface area contributed by atoms with Crippen molar-refractivity contribution >= 4 is 16.0 Å². The molecule has 2 aromatic carbocycles. The first kappa shape index (κ1) is 18.7. The first-order chi connectivity index (χ1) is 13.3. The van der Waals surface area contributed by atoms with Gasteiger partial charge < -0.3 is 19.7 Å². The number of benzene rings is 2. The Bertz CT molecular complexity index is 1010. The molecule has 1 saturated carbocycles. The molecule has 3 atom stereocenters. The van der Waals surface area contributed by atoms with E-state index in [1.165, 1.54) is 30.3 Å². The molecule has 0 radical (unpaired) electrons. The zero-order valence-electron chi connectivity index (χ0n) is 14.7. The van der Waals surface area contributed by atoms with Crippen molar-refractivity contribution < 1.29 is 32.9 Å². The summed E-state index contributed by atoms with van der Waals surface area (Å²) in [4.78, 5) is 11.5. The number of fused-ring (bicyclic) bond motifs is 3. The second-order valence-corrected chi connectivity index (χ2v) is 8.52. The predicted octanol–water partition coefficient (Wildman–Crippen LogP) is 1.80. The van der Waals surface area contributed by atoms with E-state index in [1.54, 1.807) is 16.9 Å². The number of carboxylic acid groups (broad SMARTS) is 1. The van der Waals surface area contributed by atoms with Gasteiger partial charge in [0, 0.05) is 11.5 Å². The SMILES string of the molecule is O=C(O)C(O)(NS(=O)(=O)c1ccccc1)Oc1cccc2c1OC1CCC[C@@H]21. The van der Waals surface area contributed by atoms with Crippen LogP contribution in [-0.4, -0.2) is 36.6 Å². The van der Waals surface area contributed by atoms with Crippen molar-refractivity contribution in [1.82, 2.24) is 4.72 Å². The summed E-state index contributed by atoms with van der Waals surface area (Å²) in [6.07, 6.45) is 2.85. The number of aliphatic hydroxyl groups is 1. The van der Waals surface area contributed by atoms with Gasteiger partial charge in [0.05, 0.1) is 4.90 Å². The third-order valence-corrected chi connectivity index (χ3v) is 6.44. The molecule has 0 bridgehead atoms. The predicted molar refractivity (Wildman–Crippen MR) is 97.4 cm³/mol. The van der Waals surface area contributed by atoms with E-state index in [0.29, 0.717) is 5.75 Å². The standard InChI is InChI=1S/C19H19NO7S/c21-18(22)19(23,20-28(24,25)12-6-2-1-3-7-12)27-16-11-5-9-14-13-8-4-10-15(13)26-17(14)16/h1-3,5-7,9,11,13,15,20,23H,4,8,10H2,(H,21,22)/t13-,15?,19?/m0/s1. The molecule has 9 heteroatoms. The molecular formula is C19H19NO7S. The number of hydrogen-bond donors (Lipinski definition) is 3. The minimum Gasteiger partial charge on any atom is -0.486 e. The van der Waals surface area contributed by atoms with Gasteiger partial charge in [0.15, 0.2) is 11.5 Å². The summed E-state index contributed by atoms with van der Waals surface area (Å²) in [5, 5.41) is 20.0. The number of carboxylic acids is 1. The smallest absolute Gasteiger partial charge is 0.395 e. The van der Waals surface area contributed by atoms with Gasteiger partial charge in [0.25, 0.3) is 0 Å². The van der Waals surface area contributed by atoms with Gasteiger partial charge in [-0.05, 0) is 37.5 Å². The Kier molecular flexibility index (Phi) is 4.53. The summed E-state index contributed by atoms with van der Waals surface area (Å²) in [6, 6.07) is 12.1. The zero-order valence-corrected chi connectivity index (χ0v) is 15.6. The van der Waals surface area contributed by atoms with E-state index in [9.17, 15) is 23.4 Å². The maximum absolute atomic E-state index is 12.5. The summed E-state index contributed by atoms with van der Waals surface area (Å²) in [6.45, 7) is 0. The molecule has 0 amide bonds. The summed E-state index contributed by atoms with van der Waals surface area (Å²) in [7, 11) is -4.36. The topological polar surface area (TPSA) is 122 Å². The fourth-order valence-electron chi connectivity index (χ4n) is 3.71. The van der Waals surface area contributed by atoms with Gasteiger partial charge >= 0.3 is 11.9 Å². The number of nitrogens with one attached hydrogen (secondary N) is 1. The number of rotatable bonds is 6. The van der Waals surface area contributed by atoms with E-state index < -0.39 is 21.9 Å². The van der Waals surface area contributed by atoms with E-state index in [-0.39, 0.29) is 22.7 Å². The quantitative estimate of drug-likeness (QED) is 0.627. The highest BCUT2D eigenvalue weighted by molar-refractivity contribution is 7.89. The van der Waals surface area contributed by atoms with Crippen LogP contribution in [0, 0.1) is 0 Å². The summed E-state index contributed by atoms with van der Waals surface area (Å²) in [5.74, 6) is -4.60. The second kappa shape index (κ2) is 6.77. The summed E-state index contributed by atoms with van der Waals surface area (Å²) in [5.41, 5.74) is 0.874. The monoisotopic (exact) mass is 405 g/mol. The lowest BCUT2D eigenvalue weighted by atomic mass is 9.97. The van der Waals surface area contributed by atoms with Gasteiger partial charge in [-0.25, -0.2) is 13.2 Å². The van der Waals surface area contributed by atoms with E-state index >= 15 is 0 Å². The largest absolute Gasteiger partial charge is 0.486 e. The van der Waals surface area contributed by atoms with Crippen LogP contribution in [0.2, 0.25) is 0 Å². The van der Waals surface area contributed by atoms with Crippen molar-refractivity contribution in [2.24, 2.45) is 0 Å². The molecule has 1 aliphatic heterocycles. The zero-order chi connectivity index (χ0) is 19.9. The molecule has 1 fully saturated rings. The molecule has 148 valence electrons. The number of para-hydroxylation sites is 1. The van der Waals surface area contributed by atoms with E-state index in [1.807, 2.05) is 6.07 Å². The van der Waals surface area contributed by atoms with Crippen molar-refractivity contribution in [3.8, 4) is 11.5 Å². The van der Waals surface area contributed by atoms with Gasteiger partial charge in [-0.3, -0.25) is 0 Å². The van der Waals surface area contributed by atoms with Crippen LogP contribution in [-0.2, 0) is 14.8 Å². The number of hydrogen-bond acceptors (Lipinski definition) is 6. The average Bonchev–Trinajstić information content (AvgIpc) is 3.24. The Balaban J connectivity index is 1.65. The summed E-state index contributed by atoms with van der Waals surface area (Å²) >= 11 is 0. The van der Waals surface area contributed by atoms with Crippen LogP contribution in [0.1, 0.15) is 30.7 Å². The fraction of sp³-hybridized carbons (Fsp3) is 0.316. The van der Waals surface area contributed by atoms with Crippen molar-refractivity contribution in [2.45, 2.75) is 42.1 Å². The lowest BCUT2D eigenvalue weighted by molar-refractivity contribution is -0.197. The number of carbonyl (C=O) groups is 1. The minimum absolute atomic E-state index is 0.0151. The van der Waals surface area contributed by atoms with Crippen molar-refractivity contribution in [1.29, 1.82) is 0 Å². The van der Waals surface area contributed by atoms with Gasteiger partial charge in [-0.2, -0.15) is 0 Å². The van der Waals surface area contributed by atoms with Crippen molar-refractivity contribution in [3.63, 3.8) is 0 Å². The van der Waals surface area contributed by atoms with Gasteiger partial charge in [-0.15, -0.1) is 4.72 Å². The van der Waals surface area contributed by atoms with Crippen LogP contribution in [0.25, 0.3) is 0 Å². The van der Waals surface area contributed by atoms with E-state index in [2.05, 4.69) is 0 Å². The lowest BCUT2D eigenvalue weighted by Crippen LogP contribution is -2.58. The molecular weight excluding hydrogens is 386 g/mol. The lowest BCUT2D eigenvalue weighted by Gasteiger charge is -2.26. The highest BCUT2D eigenvalue weighted by atomic mass is 32.2. The maximum Gasteiger partial charge on any atom is 0.395 e. The molecule has 28 heavy (non-hydrogen) atoms. The van der Waals surface area contributed by atoms with Crippen molar-refractivity contribution in [2.75, 3.05) is 0 Å². The highest BCUT2D eigenvalue weighted by Crippen LogP contribution is 2.50. The highest BCUT2D eigenvalue weighted by Gasteiger charge is 2.46. The van der Waals surface area contributed by atoms with Crippen LogP contribution in [0.15, 0.2) is 53.4 Å². The Labute approximate surface area is 161 Å². The molecule has 1 aliphatic carbocycles. The van der Waals surface area contributed by atoms with E-state index in [0.717, 1.165) is 24.8 Å². The molecule has 2 aliphatic rings. The molecule has 3 N–H and O–H groups in total. The molecule has 4 rings (SSSR count). The van der Waals surface area contributed by atoms with Gasteiger partial charge in [0.2, 0.25) is 10.0 Å². The molecule has 0 saturated heterocycles. The van der Waals surface area contributed by atoms with Crippen LogP contribution in [0.4, 0.5) is 0 Å². The first-order valence-corrected chi connectivity index (χ1v) is 10.3. The molecule has 1 heterocycles. The molecule has 8 nitrogen and oxygen atoms in total. The van der Waals surface area contributed by atoms with Crippen molar-refractivity contribution in [3.05, 3.63) is 54.1 Å². The van der Waals surface area contributed by atoms with E-state index in [4.69, 9.17) is 9.47 Å². The minimum atomic E-state index is -4.36. The summed E-state index contributed by atoms with van der Waals surface area (Å²) < 4.78 is 37.9. The molecule has 0 aromatic heterocycles.